The molecule has 0 aliphatic carbocycles. The highest BCUT2D eigenvalue weighted by atomic mass is 35.5. The fourth-order valence-corrected chi connectivity index (χ4v) is 3.00. The van der Waals surface area contributed by atoms with E-state index < -0.39 is 4.92 Å². The van der Waals surface area contributed by atoms with E-state index in [1.54, 1.807) is 0 Å². The van der Waals surface area contributed by atoms with Gasteiger partial charge < -0.3 is 0 Å². The van der Waals surface area contributed by atoms with E-state index in [4.69, 9.17) is 11.6 Å². The molecule has 17 heavy (non-hydrogen) atoms. The minimum Gasteiger partial charge on any atom is -0.258 e. The molecule has 2 rings (SSSR count). The van der Waals surface area contributed by atoms with Crippen LogP contribution in [0.1, 0.15) is 5.69 Å². The number of halogens is 1. The Balaban J connectivity index is 2.37. The molecule has 0 N–H and O–H groups in total. The molecule has 2 aromatic heterocycles. The number of thiazole rings is 1. The zero-order valence-corrected chi connectivity index (χ0v) is 10.8. The lowest BCUT2D eigenvalue weighted by atomic mass is 10.6. The van der Waals surface area contributed by atoms with Crippen molar-refractivity contribution in [3.05, 3.63) is 32.7 Å². The second kappa shape index (κ2) is 4.94. The van der Waals surface area contributed by atoms with Gasteiger partial charge in [0.1, 0.15) is 6.20 Å². The first-order valence-corrected chi connectivity index (χ1v) is 6.40. The van der Waals surface area contributed by atoms with Gasteiger partial charge in [0, 0.05) is 11.1 Å². The van der Waals surface area contributed by atoms with Crippen LogP contribution in [0.25, 0.3) is 0 Å². The number of aromatic nitrogens is 3. The second-order valence-electron chi connectivity index (χ2n) is 2.94. The predicted molar refractivity (Wildman–Crippen MR) is 64.7 cm³/mol. The Kier molecular flexibility index (Phi) is 3.55. The summed E-state index contributed by atoms with van der Waals surface area (Å²) in [5.41, 5.74) is 0.688. The van der Waals surface area contributed by atoms with Crippen LogP contribution in [0.15, 0.2) is 20.9 Å². The van der Waals surface area contributed by atoms with Crippen LogP contribution < -0.4 is 0 Å². The summed E-state index contributed by atoms with van der Waals surface area (Å²) in [7, 11) is 0. The van der Waals surface area contributed by atoms with Gasteiger partial charge in [-0.2, -0.15) is 0 Å². The maximum atomic E-state index is 10.8. The predicted octanol–water partition coefficient (Wildman–Crippen LogP) is 2.95. The summed E-state index contributed by atoms with van der Waals surface area (Å²) < 4.78 is 0.681. The molecule has 0 aliphatic rings. The zero-order chi connectivity index (χ0) is 12.4. The van der Waals surface area contributed by atoms with Gasteiger partial charge in [0.25, 0.3) is 0 Å². The van der Waals surface area contributed by atoms with Gasteiger partial charge in [-0.1, -0.05) is 0 Å². The highest BCUT2D eigenvalue weighted by Crippen LogP contribution is 2.34. The molecular formula is C8H5ClN4O2S2. The smallest absolute Gasteiger partial charge is 0.258 e. The van der Waals surface area contributed by atoms with Crippen LogP contribution in [0, 0.1) is 17.0 Å². The average molecular weight is 289 g/mol. The molecule has 0 fully saturated rings. The topological polar surface area (TPSA) is 81.8 Å². The molecule has 0 bridgehead atoms. The molecule has 0 aromatic carbocycles. The number of nitrogens with zero attached hydrogens (tertiary/aromatic N) is 4. The molecule has 6 nitrogen and oxygen atoms in total. The summed E-state index contributed by atoms with van der Waals surface area (Å²) in [6, 6.07) is 0. The summed E-state index contributed by atoms with van der Waals surface area (Å²) in [6.07, 6.45) is 1.10. The van der Waals surface area contributed by atoms with Gasteiger partial charge >= 0.3 is 5.69 Å². The standard InChI is InChI=1S/C8H5ClN4O2S2/c1-4-3-16-8(11-4)17-6-5(13(14)15)2-10-7(9)12-6/h2-3H,1H3. The molecule has 2 heterocycles. The molecule has 0 radical (unpaired) electrons. The van der Waals surface area contributed by atoms with E-state index in [1.807, 2.05) is 12.3 Å². The summed E-state index contributed by atoms with van der Waals surface area (Å²) in [5, 5.41) is 12.8. The number of hydrogen-bond donors (Lipinski definition) is 0. The molecule has 9 heteroatoms. The Morgan fingerprint density at radius 3 is 2.88 bits per heavy atom. The Morgan fingerprint density at radius 2 is 2.29 bits per heavy atom. The molecule has 2 aromatic rings. The van der Waals surface area contributed by atoms with Gasteiger partial charge in [-0.25, -0.2) is 15.0 Å². The Bertz CT molecular complexity index is 574. The SMILES string of the molecule is Cc1csc(Sc2nc(Cl)ncc2[N+](=O)[O-])n1. The first-order chi connectivity index (χ1) is 8.06. The lowest BCUT2D eigenvalue weighted by molar-refractivity contribution is -0.388. The Hall–Kier alpha value is -1.25. The fraction of sp³-hybridized carbons (Fsp3) is 0.125. The number of nitro groups is 1. The summed E-state index contributed by atoms with van der Waals surface area (Å²) >= 11 is 8.12. The zero-order valence-electron chi connectivity index (χ0n) is 8.45. The lowest BCUT2D eigenvalue weighted by Gasteiger charge is -1.98. The van der Waals surface area contributed by atoms with Crippen molar-refractivity contribution in [2.45, 2.75) is 16.3 Å². The van der Waals surface area contributed by atoms with Crippen molar-refractivity contribution in [1.82, 2.24) is 15.0 Å². The number of hydrogen-bond acceptors (Lipinski definition) is 7. The van der Waals surface area contributed by atoms with Crippen molar-refractivity contribution >= 4 is 40.4 Å². The summed E-state index contributed by atoms with van der Waals surface area (Å²) in [5.74, 6) is 0. The third-order valence-electron chi connectivity index (χ3n) is 1.68. The quantitative estimate of drug-likeness (QED) is 0.374. The van der Waals surface area contributed by atoms with Gasteiger partial charge in [-0.3, -0.25) is 10.1 Å². The monoisotopic (exact) mass is 288 g/mol. The van der Waals surface area contributed by atoms with Gasteiger partial charge in [-0.05, 0) is 30.3 Å². The van der Waals surface area contributed by atoms with E-state index >= 15 is 0 Å². The average Bonchev–Trinajstić information content (AvgIpc) is 2.63. The van der Waals surface area contributed by atoms with E-state index in [1.165, 1.54) is 11.3 Å². The molecule has 0 spiro atoms. The van der Waals surface area contributed by atoms with Gasteiger partial charge in [0.15, 0.2) is 9.37 Å². The summed E-state index contributed by atoms with van der Waals surface area (Å²) in [6.45, 7) is 1.85. The largest absolute Gasteiger partial charge is 0.320 e. The minimum atomic E-state index is -0.543. The maximum absolute atomic E-state index is 10.8. The van der Waals surface area contributed by atoms with Crippen LogP contribution in [0.4, 0.5) is 5.69 Å². The van der Waals surface area contributed by atoms with Crippen molar-refractivity contribution in [3.8, 4) is 0 Å². The number of aryl methyl sites for hydroxylation is 1. The Morgan fingerprint density at radius 1 is 1.53 bits per heavy atom. The molecule has 0 saturated carbocycles. The van der Waals surface area contributed by atoms with Gasteiger partial charge in [0.2, 0.25) is 5.28 Å². The van der Waals surface area contributed by atoms with Crippen LogP contribution in [0.2, 0.25) is 5.28 Å². The molecular weight excluding hydrogens is 284 g/mol. The lowest BCUT2D eigenvalue weighted by Crippen LogP contribution is -1.95. The van der Waals surface area contributed by atoms with E-state index in [0.29, 0.717) is 4.34 Å². The van der Waals surface area contributed by atoms with E-state index in [-0.39, 0.29) is 16.0 Å². The molecule has 0 atom stereocenters. The first kappa shape index (κ1) is 12.2. The van der Waals surface area contributed by atoms with Crippen LogP contribution in [-0.4, -0.2) is 19.9 Å². The van der Waals surface area contributed by atoms with Crippen LogP contribution >= 0.6 is 34.7 Å². The maximum Gasteiger partial charge on any atom is 0.320 e. The van der Waals surface area contributed by atoms with Gasteiger partial charge in [-0.15, -0.1) is 11.3 Å². The second-order valence-corrected chi connectivity index (χ2v) is 5.38. The van der Waals surface area contributed by atoms with Crippen molar-refractivity contribution in [2.75, 3.05) is 0 Å². The molecule has 0 aliphatic heterocycles. The highest BCUT2D eigenvalue weighted by molar-refractivity contribution is 8.01. The molecule has 0 unspecified atom stereocenters. The van der Waals surface area contributed by atoms with Crippen molar-refractivity contribution in [1.29, 1.82) is 0 Å². The third-order valence-corrected chi connectivity index (χ3v) is 3.92. The van der Waals surface area contributed by atoms with Gasteiger partial charge in [0.05, 0.1) is 4.92 Å². The third kappa shape index (κ3) is 2.90. The first-order valence-electron chi connectivity index (χ1n) is 4.33. The van der Waals surface area contributed by atoms with Crippen LogP contribution in [0.3, 0.4) is 0 Å². The number of rotatable bonds is 3. The van der Waals surface area contributed by atoms with E-state index in [0.717, 1.165) is 23.7 Å². The molecule has 0 amide bonds. The van der Waals surface area contributed by atoms with Crippen LogP contribution in [0.5, 0.6) is 0 Å². The molecule has 88 valence electrons. The fourth-order valence-electron chi connectivity index (χ4n) is 1.00. The Labute approximate surface area is 109 Å². The van der Waals surface area contributed by atoms with E-state index in [2.05, 4.69) is 15.0 Å². The minimum absolute atomic E-state index is 0.0219. The summed E-state index contributed by atoms with van der Waals surface area (Å²) in [4.78, 5) is 21.9. The normalized spacial score (nSPS) is 10.5. The molecule has 0 saturated heterocycles. The van der Waals surface area contributed by atoms with E-state index in [9.17, 15) is 10.1 Å². The van der Waals surface area contributed by atoms with Crippen molar-refractivity contribution in [3.63, 3.8) is 0 Å². The van der Waals surface area contributed by atoms with Crippen molar-refractivity contribution < 1.29 is 4.92 Å². The highest BCUT2D eigenvalue weighted by Gasteiger charge is 2.19. The van der Waals surface area contributed by atoms with Crippen LogP contribution in [-0.2, 0) is 0 Å². The van der Waals surface area contributed by atoms with Crippen molar-refractivity contribution in [2.24, 2.45) is 0 Å².